The minimum atomic E-state index is -1.01. The molecule has 1 heterocycles. The number of carbonyl (C=O) groups excluding carboxylic acids is 1. The van der Waals surface area contributed by atoms with Crippen LogP contribution in [0.3, 0.4) is 0 Å². The third kappa shape index (κ3) is 3.55. The molecule has 0 aliphatic carbocycles. The van der Waals surface area contributed by atoms with E-state index in [1.807, 2.05) is 0 Å². The summed E-state index contributed by atoms with van der Waals surface area (Å²) in [7, 11) is 0. The van der Waals surface area contributed by atoms with Crippen LogP contribution in [0.2, 0.25) is 0 Å². The lowest BCUT2D eigenvalue weighted by molar-refractivity contribution is -0.145. The van der Waals surface area contributed by atoms with Gasteiger partial charge in [0, 0.05) is 5.92 Å². The molecule has 1 unspecified atom stereocenters. The minimum Gasteiger partial charge on any atom is -0.479 e. The first-order valence-electron chi connectivity index (χ1n) is 5.85. The highest BCUT2D eigenvalue weighted by molar-refractivity contribution is 5.95. The van der Waals surface area contributed by atoms with Gasteiger partial charge in [-0.25, -0.2) is 9.78 Å². The molecular formula is C13H17NO4. The van der Waals surface area contributed by atoms with E-state index in [0.29, 0.717) is 17.9 Å². The summed E-state index contributed by atoms with van der Waals surface area (Å²) in [6.07, 6.45) is 0.849. The number of ether oxygens (including phenoxy) is 1. The number of hydrogen-bond donors (Lipinski definition) is 1. The quantitative estimate of drug-likeness (QED) is 0.784. The van der Waals surface area contributed by atoms with Crippen molar-refractivity contribution in [1.29, 1.82) is 0 Å². The largest absolute Gasteiger partial charge is 0.479 e. The fraction of sp³-hybridized carbons (Fsp3) is 0.462. The number of aliphatic carboxylic acids is 1. The lowest BCUT2D eigenvalue weighted by Crippen LogP contribution is -2.26. The molecule has 1 aromatic heterocycles. The maximum Gasteiger partial charge on any atom is 0.344 e. The van der Waals surface area contributed by atoms with Crippen LogP contribution >= 0.6 is 0 Å². The van der Waals surface area contributed by atoms with Crippen molar-refractivity contribution in [3.8, 4) is 5.75 Å². The van der Waals surface area contributed by atoms with Crippen molar-refractivity contribution in [2.75, 3.05) is 0 Å². The van der Waals surface area contributed by atoms with Crippen molar-refractivity contribution in [2.24, 2.45) is 5.92 Å². The zero-order chi connectivity index (χ0) is 13.7. The van der Waals surface area contributed by atoms with Crippen molar-refractivity contribution in [3.05, 3.63) is 24.0 Å². The van der Waals surface area contributed by atoms with Gasteiger partial charge in [0.05, 0.1) is 6.20 Å². The van der Waals surface area contributed by atoms with Gasteiger partial charge in [-0.2, -0.15) is 0 Å². The SMILES string of the molecule is CCC(Oc1ccc(C(=O)C(C)C)nc1)C(=O)O. The Labute approximate surface area is 106 Å². The smallest absolute Gasteiger partial charge is 0.344 e. The minimum absolute atomic E-state index is 0.0492. The van der Waals surface area contributed by atoms with Crippen molar-refractivity contribution < 1.29 is 19.4 Å². The number of hydrogen-bond acceptors (Lipinski definition) is 4. The Hall–Kier alpha value is -1.91. The van der Waals surface area contributed by atoms with Gasteiger partial charge in [0.25, 0.3) is 0 Å². The molecule has 1 N–H and O–H groups in total. The molecule has 0 amide bonds. The fourth-order valence-corrected chi connectivity index (χ4v) is 1.36. The highest BCUT2D eigenvalue weighted by Gasteiger charge is 2.17. The molecule has 18 heavy (non-hydrogen) atoms. The standard InChI is InChI=1S/C13H17NO4/c1-4-11(13(16)17)18-9-5-6-10(14-7-9)12(15)8(2)3/h5-8,11H,4H2,1-3H3,(H,16,17). The molecule has 0 aromatic carbocycles. The van der Waals surface area contributed by atoms with E-state index in [1.165, 1.54) is 6.20 Å². The molecule has 0 radical (unpaired) electrons. The van der Waals surface area contributed by atoms with Crippen LogP contribution in [-0.4, -0.2) is 27.9 Å². The van der Waals surface area contributed by atoms with Crippen LogP contribution in [0.4, 0.5) is 0 Å². The van der Waals surface area contributed by atoms with Gasteiger partial charge in [0.1, 0.15) is 11.4 Å². The Kier molecular flexibility index (Phi) is 4.83. The number of carbonyl (C=O) groups is 2. The molecule has 5 nitrogen and oxygen atoms in total. The first kappa shape index (κ1) is 14.2. The first-order chi connectivity index (χ1) is 8.45. The molecule has 0 fully saturated rings. The number of ketones is 1. The number of carboxylic acid groups (broad SMARTS) is 1. The predicted molar refractivity (Wildman–Crippen MR) is 65.7 cm³/mol. The summed E-state index contributed by atoms with van der Waals surface area (Å²) in [4.78, 5) is 26.4. The lowest BCUT2D eigenvalue weighted by Gasteiger charge is -2.13. The van der Waals surface area contributed by atoms with E-state index >= 15 is 0 Å². The van der Waals surface area contributed by atoms with Gasteiger partial charge in [-0.1, -0.05) is 20.8 Å². The van der Waals surface area contributed by atoms with Gasteiger partial charge in [0.15, 0.2) is 11.9 Å². The third-order valence-corrected chi connectivity index (χ3v) is 2.44. The average molecular weight is 251 g/mol. The molecule has 1 atom stereocenters. The highest BCUT2D eigenvalue weighted by atomic mass is 16.5. The molecule has 0 spiro atoms. The third-order valence-electron chi connectivity index (χ3n) is 2.44. The molecule has 0 aliphatic rings. The van der Waals surface area contributed by atoms with E-state index in [1.54, 1.807) is 32.9 Å². The molecule has 5 heteroatoms. The maximum atomic E-state index is 11.6. The summed E-state index contributed by atoms with van der Waals surface area (Å²) in [6, 6.07) is 3.11. The summed E-state index contributed by atoms with van der Waals surface area (Å²) in [5, 5.41) is 8.85. The highest BCUT2D eigenvalue weighted by Crippen LogP contribution is 2.14. The van der Waals surface area contributed by atoms with E-state index in [4.69, 9.17) is 9.84 Å². The van der Waals surface area contributed by atoms with Gasteiger partial charge in [0.2, 0.25) is 0 Å². The maximum absolute atomic E-state index is 11.6. The van der Waals surface area contributed by atoms with E-state index < -0.39 is 12.1 Å². The van der Waals surface area contributed by atoms with Crippen LogP contribution in [0, 0.1) is 5.92 Å². The molecule has 0 saturated heterocycles. The second kappa shape index (κ2) is 6.14. The van der Waals surface area contributed by atoms with Crippen LogP contribution in [0.5, 0.6) is 5.75 Å². The van der Waals surface area contributed by atoms with Gasteiger partial charge in [-0.3, -0.25) is 4.79 Å². The van der Waals surface area contributed by atoms with E-state index in [0.717, 1.165) is 0 Å². The Morgan fingerprint density at radius 3 is 2.44 bits per heavy atom. The molecule has 0 bridgehead atoms. The van der Waals surface area contributed by atoms with E-state index in [-0.39, 0.29) is 11.7 Å². The Bertz CT molecular complexity index is 425. The molecule has 0 saturated carbocycles. The number of nitrogens with zero attached hydrogens (tertiary/aromatic N) is 1. The van der Waals surface area contributed by atoms with E-state index in [2.05, 4.69) is 4.98 Å². The van der Waals surface area contributed by atoms with Crippen LogP contribution in [0.15, 0.2) is 18.3 Å². The monoisotopic (exact) mass is 251 g/mol. The molecule has 1 aromatic rings. The average Bonchev–Trinajstić information content (AvgIpc) is 2.35. The molecule has 0 aliphatic heterocycles. The number of Topliss-reactive ketones (excluding diaryl/α,β-unsaturated/α-hetero) is 1. The molecular weight excluding hydrogens is 234 g/mol. The molecule has 1 rings (SSSR count). The fourth-order valence-electron chi connectivity index (χ4n) is 1.36. The lowest BCUT2D eigenvalue weighted by atomic mass is 10.1. The van der Waals surface area contributed by atoms with Gasteiger partial charge < -0.3 is 9.84 Å². The normalized spacial score (nSPS) is 12.2. The van der Waals surface area contributed by atoms with Gasteiger partial charge >= 0.3 is 5.97 Å². The second-order valence-corrected chi connectivity index (χ2v) is 4.25. The van der Waals surface area contributed by atoms with Crippen LogP contribution in [-0.2, 0) is 4.79 Å². The Balaban J connectivity index is 2.77. The Morgan fingerprint density at radius 1 is 1.39 bits per heavy atom. The second-order valence-electron chi connectivity index (χ2n) is 4.25. The predicted octanol–water partition coefficient (Wildman–Crippen LogP) is 2.16. The van der Waals surface area contributed by atoms with E-state index in [9.17, 15) is 9.59 Å². The molecule has 98 valence electrons. The number of pyridine rings is 1. The summed E-state index contributed by atoms with van der Waals surface area (Å²) in [6.45, 7) is 5.32. The summed E-state index contributed by atoms with van der Waals surface area (Å²) < 4.78 is 5.25. The van der Waals surface area contributed by atoms with Crippen LogP contribution in [0.25, 0.3) is 0 Å². The summed E-state index contributed by atoms with van der Waals surface area (Å²) in [5.74, 6) is -0.831. The summed E-state index contributed by atoms with van der Waals surface area (Å²) >= 11 is 0. The summed E-state index contributed by atoms with van der Waals surface area (Å²) in [5.41, 5.74) is 0.362. The number of carboxylic acids is 1. The van der Waals surface area contributed by atoms with Crippen molar-refractivity contribution in [3.63, 3.8) is 0 Å². The zero-order valence-corrected chi connectivity index (χ0v) is 10.7. The first-order valence-corrected chi connectivity index (χ1v) is 5.85. The van der Waals surface area contributed by atoms with Gasteiger partial charge in [-0.15, -0.1) is 0 Å². The topological polar surface area (TPSA) is 76.5 Å². The van der Waals surface area contributed by atoms with Crippen molar-refractivity contribution in [1.82, 2.24) is 4.98 Å². The van der Waals surface area contributed by atoms with Crippen LogP contribution < -0.4 is 4.74 Å². The van der Waals surface area contributed by atoms with Crippen LogP contribution in [0.1, 0.15) is 37.7 Å². The zero-order valence-electron chi connectivity index (χ0n) is 10.7. The number of aromatic nitrogens is 1. The van der Waals surface area contributed by atoms with Crippen molar-refractivity contribution in [2.45, 2.75) is 33.3 Å². The Morgan fingerprint density at radius 2 is 2.06 bits per heavy atom. The van der Waals surface area contributed by atoms with Crippen molar-refractivity contribution >= 4 is 11.8 Å². The number of rotatable bonds is 6. The van der Waals surface area contributed by atoms with Gasteiger partial charge in [-0.05, 0) is 18.6 Å².